The molecule has 116 valence electrons. The number of hydrogen-bond acceptors (Lipinski definition) is 2. The minimum atomic E-state index is -4.28. The van der Waals surface area contributed by atoms with Gasteiger partial charge in [0.1, 0.15) is 0 Å². The number of morpholine rings is 1. The molecular formula is C16H20F3NO. The monoisotopic (exact) mass is 299 g/mol. The molecule has 0 spiro atoms. The Balaban J connectivity index is 1.98. The van der Waals surface area contributed by atoms with Gasteiger partial charge < -0.3 is 4.74 Å². The molecule has 3 rings (SSSR count). The van der Waals surface area contributed by atoms with E-state index in [0.717, 1.165) is 24.0 Å². The number of benzene rings is 1. The van der Waals surface area contributed by atoms with E-state index < -0.39 is 11.7 Å². The normalized spacial score (nSPS) is 23.3. The molecular weight excluding hydrogens is 279 g/mol. The van der Waals surface area contributed by atoms with Gasteiger partial charge in [-0.15, -0.1) is 0 Å². The fourth-order valence-corrected chi connectivity index (χ4v) is 3.41. The van der Waals surface area contributed by atoms with E-state index in [2.05, 4.69) is 11.8 Å². The smallest absolute Gasteiger partial charge is 0.379 e. The van der Waals surface area contributed by atoms with E-state index in [1.165, 1.54) is 6.07 Å². The van der Waals surface area contributed by atoms with Gasteiger partial charge in [-0.25, -0.2) is 0 Å². The summed E-state index contributed by atoms with van der Waals surface area (Å²) in [6, 6.07) is 2.95. The number of alkyl halides is 3. The highest BCUT2D eigenvalue weighted by Gasteiger charge is 2.36. The fourth-order valence-electron chi connectivity index (χ4n) is 3.41. The summed E-state index contributed by atoms with van der Waals surface area (Å²) in [5.41, 5.74) is 2.07. The lowest BCUT2D eigenvalue weighted by molar-refractivity contribution is -0.138. The molecule has 0 radical (unpaired) electrons. The first-order chi connectivity index (χ1) is 9.97. The van der Waals surface area contributed by atoms with Crippen LogP contribution in [-0.2, 0) is 23.9 Å². The van der Waals surface area contributed by atoms with Crippen LogP contribution in [0.1, 0.15) is 41.5 Å². The van der Waals surface area contributed by atoms with Gasteiger partial charge in [0.25, 0.3) is 0 Å². The number of ether oxygens (including phenoxy) is 1. The van der Waals surface area contributed by atoms with Gasteiger partial charge in [0.15, 0.2) is 0 Å². The van der Waals surface area contributed by atoms with Crippen molar-refractivity contribution in [3.63, 3.8) is 0 Å². The summed E-state index contributed by atoms with van der Waals surface area (Å²) >= 11 is 0. The topological polar surface area (TPSA) is 12.5 Å². The van der Waals surface area contributed by atoms with E-state index in [1.807, 2.05) is 0 Å². The number of fused-ring (bicyclic) bond motifs is 1. The van der Waals surface area contributed by atoms with Gasteiger partial charge in [0.2, 0.25) is 0 Å². The minimum absolute atomic E-state index is 0.366. The van der Waals surface area contributed by atoms with Crippen LogP contribution in [0.2, 0.25) is 0 Å². The van der Waals surface area contributed by atoms with Crippen molar-refractivity contribution < 1.29 is 17.9 Å². The second-order valence-corrected chi connectivity index (χ2v) is 5.99. The third-order valence-electron chi connectivity index (χ3n) is 4.62. The second-order valence-electron chi connectivity index (χ2n) is 5.99. The van der Waals surface area contributed by atoms with Crippen molar-refractivity contribution in [2.45, 2.75) is 38.4 Å². The molecule has 0 saturated carbocycles. The molecule has 1 aromatic carbocycles. The van der Waals surface area contributed by atoms with Crippen LogP contribution in [-0.4, -0.2) is 31.2 Å². The zero-order chi connectivity index (χ0) is 15.0. The molecule has 1 heterocycles. The standard InChI is InChI=1S/C16H20F3NO/c1-11-2-3-13-12(11)4-5-15(16(17,18)19)14(13)10-20-6-8-21-9-7-20/h4-5,11H,2-3,6-10H2,1H3. The molecule has 2 aliphatic rings. The maximum Gasteiger partial charge on any atom is 0.416 e. The Hall–Kier alpha value is -1.07. The molecule has 0 bridgehead atoms. The second kappa shape index (κ2) is 5.61. The van der Waals surface area contributed by atoms with E-state index in [0.29, 0.717) is 44.3 Å². The highest BCUT2D eigenvalue weighted by Crippen LogP contribution is 2.41. The Bertz CT molecular complexity index is 521. The average Bonchev–Trinajstić information content (AvgIpc) is 2.81. The summed E-state index contributed by atoms with van der Waals surface area (Å²) in [6.45, 7) is 5.10. The Kier molecular flexibility index (Phi) is 3.97. The van der Waals surface area contributed by atoms with Gasteiger partial charge in [0.05, 0.1) is 18.8 Å². The Morgan fingerprint density at radius 3 is 2.62 bits per heavy atom. The van der Waals surface area contributed by atoms with Crippen LogP contribution in [0.4, 0.5) is 13.2 Å². The third kappa shape index (κ3) is 2.94. The molecule has 0 amide bonds. The summed E-state index contributed by atoms with van der Waals surface area (Å²) in [4.78, 5) is 2.07. The van der Waals surface area contributed by atoms with Gasteiger partial charge in [-0.3, -0.25) is 4.90 Å². The van der Waals surface area contributed by atoms with Crippen LogP contribution >= 0.6 is 0 Å². The van der Waals surface area contributed by atoms with Crippen LogP contribution in [0.25, 0.3) is 0 Å². The quantitative estimate of drug-likeness (QED) is 0.827. The van der Waals surface area contributed by atoms with E-state index >= 15 is 0 Å². The lowest BCUT2D eigenvalue weighted by Gasteiger charge is -2.29. The Morgan fingerprint density at radius 1 is 1.24 bits per heavy atom. The Labute approximate surface area is 122 Å². The highest BCUT2D eigenvalue weighted by molar-refractivity contribution is 5.46. The predicted molar refractivity (Wildman–Crippen MR) is 74.3 cm³/mol. The van der Waals surface area contributed by atoms with Crippen molar-refractivity contribution in [1.29, 1.82) is 0 Å². The van der Waals surface area contributed by atoms with Gasteiger partial charge in [-0.1, -0.05) is 13.0 Å². The molecule has 0 N–H and O–H groups in total. The first kappa shape index (κ1) is 14.9. The first-order valence-electron chi connectivity index (χ1n) is 7.49. The summed E-state index contributed by atoms with van der Waals surface area (Å²) in [5, 5.41) is 0. The van der Waals surface area contributed by atoms with Gasteiger partial charge in [-0.2, -0.15) is 13.2 Å². The first-order valence-corrected chi connectivity index (χ1v) is 7.49. The molecule has 21 heavy (non-hydrogen) atoms. The van der Waals surface area contributed by atoms with Gasteiger partial charge in [-0.05, 0) is 41.5 Å². The van der Waals surface area contributed by atoms with Crippen molar-refractivity contribution in [3.8, 4) is 0 Å². The van der Waals surface area contributed by atoms with Crippen LogP contribution in [0, 0.1) is 0 Å². The lowest BCUT2D eigenvalue weighted by atomic mass is 9.94. The van der Waals surface area contributed by atoms with Gasteiger partial charge in [0, 0.05) is 19.6 Å². The number of nitrogens with zero attached hydrogens (tertiary/aromatic N) is 1. The third-order valence-corrected chi connectivity index (χ3v) is 4.62. The van der Waals surface area contributed by atoms with E-state index in [-0.39, 0.29) is 0 Å². The van der Waals surface area contributed by atoms with Crippen molar-refractivity contribution in [2.75, 3.05) is 26.3 Å². The Morgan fingerprint density at radius 2 is 1.95 bits per heavy atom. The van der Waals surface area contributed by atoms with Crippen molar-refractivity contribution in [3.05, 3.63) is 34.4 Å². The van der Waals surface area contributed by atoms with Gasteiger partial charge >= 0.3 is 6.18 Å². The molecule has 0 aromatic heterocycles. The maximum atomic E-state index is 13.3. The average molecular weight is 299 g/mol. The summed E-state index contributed by atoms with van der Waals surface area (Å²) in [7, 11) is 0. The SMILES string of the molecule is CC1CCc2c1ccc(C(F)(F)F)c2CN1CCOCC1. The van der Waals surface area contributed by atoms with Crippen molar-refractivity contribution >= 4 is 0 Å². The fraction of sp³-hybridized carbons (Fsp3) is 0.625. The molecule has 1 aliphatic heterocycles. The van der Waals surface area contributed by atoms with E-state index in [4.69, 9.17) is 4.74 Å². The summed E-state index contributed by atoms with van der Waals surface area (Å²) in [5.74, 6) is 0.366. The van der Waals surface area contributed by atoms with E-state index in [1.54, 1.807) is 6.07 Å². The molecule has 1 atom stereocenters. The predicted octanol–water partition coefficient (Wildman–Crippen LogP) is 3.59. The van der Waals surface area contributed by atoms with Crippen LogP contribution in [0.5, 0.6) is 0 Å². The van der Waals surface area contributed by atoms with E-state index in [9.17, 15) is 13.2 Å². The van der Waals surface area contributed by atoms with Crippen LogP contribution in [0.15, 0.2) is 12.1 Å². The number of hydrogen-bond donors (Lipinski definition) is 0. The van der Waals surface area contributed by atoms with Crippen LogP contribution in [0.3, 0.4) is 0 Å². The molecule has 1 aromatic rings. The van der Waals surface area contributed by atoms with Crippen LogP contribution < -0.4 is 0 Å². The van der Waals surface area contributed by atoms with Crippen molar-refractivity contribution in [1.82, 2.24) is 4.90 Å². The molecule has 1 unspecified atom stereocenters. The molecule has 5 heteroatoms. The molecule has 1 fully saturated rings. The minimum Gasteiger partial charge on any atom is -0.379 e. The largest absolute Gasteiger partial charge is 0.416 e. The van der Waals surface area contributed by atoms with Crippen molar-refractivity contribution in [2.24, 2.45) is 0 Å². The zero-order valence-corrected chi connectivity index (χ0v) is 12.2. The lowest BCUT2D eigenvalue weighted by Crippen LogP contribution is -2.36. The summed E-state index contributed by atoms with van der Waals surface area (Å²) in [6.07, 6.45) is -2.56. The molecule has 1 saturated heterocycles. The molecule has 2 nitrogen and oxygen atoms in total. The number of rotatable bonds is 2. The number of halogens is 3. The highest BCUT2D eigenvalue weighted by atomic mass is 19.4. The maximum absolute atomic E-state index is 13.3. The summed E-state index contributed by atoms with van der Waals surface area (Å²) < 4.78 is 45.3. The zero-order valence-electron chi connectivity index (χ0n) is 12.2. The molecule has 1 aliphatic carbocycles.